The van der Waals surface area contributed by atoms with Gasteiger partial charge in [-0.2, -0.15) is 0 Å². The second-order valence-electron chi connectivity index (χ2n) is 9.58. The highest BCUT2D eigenvalue weighted by Crippen LogP contribution is 2.36. The Balaban J connectivity index is 1.82. The Hall–Kier alpha value is -5.15. The van der Waals surface area contributed by atoms with Crippen molar-refractivity contribution in [1.29, 1.82) is 0 Å². The van der Waals surface area contributed by atoms with Crippen LogP contribution in [0.2, 0.25) is 0 Å². The first-order valence-electron chi connectivity index (χ1n) is 14.1. The van der Waals surface area contributed by atoms with Crippen LogP contribution in [0.15, 0.2) is 60.7 Å². The van der Waals surface area contributed by atoms with Gasteiger partial charge in [-0.05, 0) is 19.1 Å². The lowest BCUT2D eigenvalue weighted by molar-refractivity contribution is -0.152. The standard InChI is InChI=1S/C31H38N2O13/c1-20(2)28(37)41-14-12-32-30(39)45-18-22(35)16-43-26-10-6-4-8-24(26)25-9-5-7-11-27(25)44-17-23(36)19-46-31(40)33-13-15-42-29(38)21(3)34/h4-11,22-23,35-36H,1,12-19H2,2-3H3,(H,32,39)(H,33,40). The number of benzene rings is 2. The number of amides is 2. The molecule has 0 spiro atoms. The summed E-state index contributed by atoms with van der Waals surface area (Å²) >= 11 is 0. The number of rotatable bonds is 19. The molecule has 0 saturated heterocycles. The van der Waals surface area contributed by atoms with E-state index in [0.29, 0.717) is 22.6 Å². The number of nitrogens with one attached hydrogen (secondary N) is 2. The van der Waals surface area contributed by atoms with Crippen LogP contribution in [0.5, 0.6) is 11.5 Å². The van der Waals surface area contributed by atoms with E-state index in [9.17, 15) is 34.2 Å². The lowest BCUT2D eigenvalue weighted by Crippen LogP contribution is -2.33. The molecule has 0 heterocycles. The molecule has 2 aromatic carbocycles. The maximum absolute atomic E-state index is 11.8. The van der Waals surface area contributed by atoms with Crippen molar-refractivity contribution in [2.24, 2.45) is 0 Å². The van der Waals surface area contributed by atoms with Gasteiger partial charge in [-0.1, -0.05) is 43.0 Å². The molecular weight excluding hydrogens is 608 g/mol. The molecule has 0 bridgehead atoms. The van der Waals surface area contributed by atoms with Gasteiger partial charge in [-0.15, -0.1) is 0 Å². The van der Waals surface area contributed by atoms with Crippen LogP contribution in [0.1, 0.15) is 13.8 Å². The molecule has 2 unspecified atom stereocenters. The molecular formula is C31H38N2O13. The van der Waals surface area contributed by atoms with Crippen LogP contribution in [0, 0.1) is 0 Å². The summed E-state index contributed by atoms with van der Waals surface area (Å²) in [5, 5.41) is 25.3. The number of aliphatic hydroxyl groups is 2. The van der Waals surface area contributed by atoms with Gasteiger partial charge >= 0.3 is 24.1 Å². The summed E-state index contributed by atoms with van der Waals surface area (Å²) in [4.78, 5) is 56.8. The van der Waals surface area contributed by atoms with Crippen molar-refractivity contribution in [3.05, 3.63) is 60.7 Å². The van der Waals surface area contributed by atoms with E-state index >= 15 is 0 Å². The van der Waals surface area contributed by atoms with Gasteiger partial charge in [0.1, 0.15) is 63.3 Å². The normalized spacial score (nSPS) is 11.7. The number of ketones is 1. The van der Waals surface area contributed by atoms with Crippen molar-refractivity contribution >= 4 is 29.9 Å². The van der Waals surface area contributed by atoms with Crippen molar-refractivity contribution in [2.75, 3.05) is 52.7 Å². The Kier molecular flexibility index (Phi) is 16.1. The first kappa shape index (κ1) is 37.0. The third kappa shape index (κ3) is 14.1. The lowest BCUT2D eigenvalue weighted by atomic mass is 10.0. The Morgan fingerprint density at radius 2 is 1.07 bits per heavy atom. The number of carbonyl (C=O) groups is 5. The Morgan fingerprint density at radius 3 is 1.48 bits per heavy atom. The summed E-state index contributed by atoms with van der Waals surface area (Å²) in [6.07, 6.45) is -4.01. The number of aliphatic hydroxyl groups excluding tert-OH is 2. The topological polar surface area (TPSA) is 205 Å². The minimum atomic E-state index is -1.18. The highest BCUT2D eigenvalue weighted by atomic mass is 16.6. The van der Waals surface area contributed by atoms with Crippen molar-refractivity contribution in [1.82, 2.24) is 10.6 Å². The Morgan fingerprint density at radius 1 is 0.652 bits per heavy atom. The van der Waals surface area contributed by atoms with Crippen LogP contribution >= 0.6 is 0 Å². The highest BCUT2D eigenvalue weighted by molar-refractivity contribution is 6.32. The zero-order chi connectivity index (χ0) is 33.9. The summed E-state index contributed by atoms with van der Waals surface area (Å²) in [6, 6.07) is 13.9. The number of esters is 2. The van der Waals surface area contributed by atoms with Crippen molar-refractivity contribution in [3.8, 4) is 22.6 Å². The quantitative estimate of drug-likeness (QED) is 0.0563. The molecule has 4 N–H and O–H groups in total. The third-order valence-corrected chi connectivity index (χ3v) is 5.59. The number of Topliss-reactive ketones (excluding diaryl/α,β-unsaturated/α-hetero) is 1. The van der Waals surface area contributed by atoms with Gasteiger partial charge in [0.15, 0.2) is 0 Å². The van der Waals surface area contributed by atoms with Crippen molar-refractivity contribution in [2.45, 2.75) is 26.1 Å². The molecule has 2 atom stereocenters. The van der Waals surface area contributed by atoms with Gasteiger partial charge in [-0.3, -0.25) is 4.79 Å². The molecule has 2 amide bonds. The largest absolute Gasteiger partial charge is 0.490 e. The van der Waals surface area contributed by atoms with E-state index in [0.717, 1.165) is 6.92 Å². The summed E-state index contributed by atoms with van der Waals surface area (Å²) < 4.78 is 30.9. The van der Waals surface area contributed by atoms with E-state index in [2.05, 4.69) is 21.9 Å². The average Bonchev–Trinajstić information content (AvgIpc) is 3.04. The average molecular weight is 647 g/mol. The molecule has 0 aliphatic heterocycles. The van der Waals surface area contributed by atoms with Crippen LogP contribution in [-0.4, -0.2) is 105 Å². The van der Waals surface area contributed by atoms with E-state index in [-0.39, 0.29) is 58.3 Å². The smallest absolute Gasteiger partial charge is 0.407 e. The lowest BCUT2D eigenvalue weighted by Gasteiger charge is -2.18. The molecule has 0 aliphatic rings. The van der Waals surface area contributed by atoms with Gasteiger partial charge < -0.3 is 49.3 Å². The fourth-order valence-corrected chi connectivity index (χ4v) is 3.36. The molecule has 15 nitrogen and oxygen atoms in total. The van der Waals surface area contributed by atoms with E-state index < -0.39 is 42.1 Å². The van der Waals surface area contributed by atoms with Gasteiger partial charge in [0.25, 0.3) is 0 Å². The number of ether oxygens (including phenoxy) is 6. The van der Waals surface area contributed by atoms with Gasteiger partial charge in [0, 0.05) is 23.6 Å². The Bertz CT molecular complexity index is 1250. The maximum atomic E-state index is 11.8. The van der Waals surface area contributed by atoms with Gasteiger partial charge in [0.05, 0.1) is 13.1 Å². The first-order chi connectivity index (χ1) is 22.0. The molecule has 2 rings (SSSR count). The molecule has 0 aromatic heterocycles. The van der Waals surface area contributed by atoms with E-state index in [1.807, 2.05) is 0 Å². The summed E-state index contributed by atoms with van der Waals surface area (Å²) in [6.45, 7) is 4.48. The number of para-hydroxylation sites is 2. The van der Waals surface area contributed by atoms with Crippen molar-refractivity contribution < 1.29 is 62.6 Å². The van der Waals surface area contributed by atoms with Gasteiger partial charge in [-0.25, -0.2) is 19.2 Å². The minimum absolute atomic E-state index is 0.0165. The fourth-order valence-electron chi connectivity index (χ4n) is 3.36. The SMILES string of the molecule is C=C(C)C(=O)OCCNC(=O)OCC(O)COc1ccccc1-c1ccccc1OCC(O)COC(=O)NCCOC(=O)C(C)=O. The monoisotopic (exact) mass is 646 g/mol. The zero-order valence-electron chi connectivity index (χ0n) is 25.5. The Labute approximate surface area is 265 Å². The molecule has 0 radical (unpaired) electrons. The second-order valence-corrected chi connectivity index (χ2v) is 9.58. The molecule has 0 saturated carbocycles. The van der Waals surface area contributed by atoms with Crippen LogP contribution in [-0.2, 0) is 33.3 Å². The molecule has 0 aliphatic carbocycles. The van der Waals surface area contributed by atoms with E-state index in [1.165, 1.54) is 6.92 Å². The first-order valence-corrected chi connectivity index (χ1v) is 14.1. The molecule has 2 aromatic rings. The molecule has 15 heteroatoms. The summed E-state index contributed by atoms with van der Waals surface area (Å²) in [5.74, 6) is -1.56. The van der Waals surface area contributed by atoms with Crippen LogP contribution < -0.4 is 20.1 Å². The number of hydrogen-bond donors (Lipinski definition) is 4. The van der Waals surface area contributed by atoms with E-state index in [1.54, 1.807) is 48.5 Å². The number of alkyl carbamates (subject to hydrolysis) is 2. The predicted molar refractivity (Wildman–Crippen MR) is 161 cm³/mol. The maximum Gasteiger partial charge on any atom is 0.407 e. The van der Waals surface area contributed by atoms with Crippen LogP contribution in [0.3, 0.4) is 0 Å². The molecule has 46 heavy (non-hydrogen) atoms. The van der Waals surface area contributed by atoms with Gasteiger partial charge in [0.2, 0.25) is 5.78 Å². The van der Waals surface area contributed by atoms with Crippen LogP contribution in [0.4, 0.5) is 9.59 Å². The number of carbonyl (C=O) groups excluding carboxylic acids is 5. The molecule has 0 fully saturated rings. The fraction of sp³-hybridized carbons (Fsp3) is 0.387. The van der Waals surface area contributed by atoms with Crippen molar-refractivity contribution in [3.63, 3.8) is 0 Å². The third-order valence-electron chi connectivity index (χ3n) is 5.59. The highest BCUT2D eigenvalue weighted by Gasteiger charge is 2.16. The number of hydrogen-bond acceptors (Lipinski definition) is 13. The minimum Gasteiger partial charge on any atom is -0.490 e. The zero-order valence-corrected chi connectivity index (χ0v) is 25.5. The van der Waals surface area contributed by atoms with E-state index in [4.69, 9.17) is 23.7 Å². The summed E-state index contributed by atoms with van der Waals surface area (Å²) in [7, 11) is 0. The second kappa shape index (κ2) is 20.0. The summed E-state index contributed by atoms with van der Waals surface area (Å²) in [5.41, 5.74) is 1.46. The van der Waals surface area contributed by atoms with Crippen LogP contribution in [0.25, 0.3) is 11.1 Å². The molecule has 250 valence electrons. The predicted octanol–water partition coefficient (Wildman–Crippen LogP) is 1.54.